The van der Waals surface area contributed by atoms with E-state index in [1.165, 1.54) is 149 Å². The van der Waals surface area contributed by atoms with Crippen LogP contribution in [0.25, 0.3) is 0 Å². The maximum Gasteiger partial charge on any atom is 0.104 e. The van der Waals surface area contributed by atoms with Crippen molar-refractivity contribution < 1.29 is 8.97 Å². The number of hydrogen-bond acceptors (Lipinski definition) is 12. The number of aromatic nitrogens is 4. The van der Waals surface area contributed by atoms with Gasteiger partial charge in [0.1, 0.15) is 24.2 Å². The molecule has 0 bridgehead atoms. The van der Waals surface area contributed by atoms with E-state index >= 15 is 0 Å². The average Bonchev–Trinajstić information content (AvgIpc) is 3.56. The number of anilines is 8. The van der Waals surface area contributed by atoms with Crippen molar-refractivity contribution >= 4 is 92.5 Å². The van der Waals surface area contributed by atoms with Crippen LogP contribution in [0, 0.1) is 0 Å². The number of para-hydroxylation sites is 4. The molecule has 4 atom stereocenters. The van der Waals surface area contributed by atoms with Crippen molar-refractivity contribution in [1.82, 2.24) is 19.9 Å². The molecule has 0 radical (unpaired) electrons. The first-order valence-corrected chi connectivity index (χ1v) is 34.0. The third kappa shape index (κ3) is 12.2. The molecule has 12 rings (SSSR count). The normalized spacial score (nSPS) is 16.7. The quantitative estimate of drug-likeness (QED) is 0.0404. The van der Waals surface area contributed by atoms with Gasteiger partial charge in [-0.25, -0.2) is 0 Å². The number of hydrogen-bond donors (Lipinski definition) is 0. The lowest BCUT2D eigenvalue weighted by atomic mass is 10.0. The van der Waals surface area contributed by atoms with E-state index in [0.29, 0.717) is 24.2 Å². The minimum atomic E-state index is 0.345. The first-order valence-electron chi connectivity index (χ1n) is 30.7. The molecule has 0 spiro atoms. The molecule has 0 saturated heterocycles. The summed E-state index contributed by atoms with van der Waals surface area (Å²) in [5.41, 5.74) is 10.0. The lowest BCUT2D eigenvalue weighted by Gasteiger charge is -2.49. The second-order valence-corrected chi connectivity index (χ2v) is 28.5. The zero-order chi connectivity index (χ0) is 57.6. The smallest absolute Gasteiger partial charge is 0.104 e. The Bertz CT molecular complexity index is 2920. The third-order valence-corrected chi connectivity index (χ3v) is 23.6. The highest BCUT2D eigenvalue weighted by molar-refractivity contribution is 8.00. The van der Waals surface area contributed by atoms with Crippen molar-refractivity contribution in [3.8, 4) is 0 Å². The number of likely N-dealkylation sites (N-methyl/N-ethyl adjacent to an activating group) is 2. The van der Waals surface area contributed by atoms with Gasteiger partial charge in [-0.05, 0) is 126 Å². The number of fused-ring (bicyclic) bond motifs is 8. The number of pyridine rings is 4. The molecule has 4 aromatic heterocycles. The summed E-state index contributed by atoms with van der Waals surface area (Å²) in [6, 6.07) is 45.8. The zero-order valence-electron chi connectivity index (χ0n) is 49.9. The first-order chi connectivity index (χ1) is 41.1. The van der Waals surface area contributed by atoms with Crippen molar-refractivity contribution in [2.24, 2.45) is 0 Å². The summed E-state index contributed by atoms with van der Waals surface area (Å²) in [4.78, 5) is 39.2. The van der Waals surface area contributed by atoms with Gasteiger partial charge in [-0.1, -0.05) is 134 Å². The first kappa shape index (κ1) is 58.4. The van der Waals surface area contributed by atoms with E-state index < -0.39 is 0 Å². The van der Waals surface area contributed by atoms with Crippen molar-refractivity contribution in [2.75, 3.05) is 73.0 Å². The molecule has 8 aromatic rings. The summed E-state index contributed by atoms with van der Waals surface area (Å²) in [5, 5.41) is 0. The molecule has 4 aliphatic heterocycles. The van der Waals surface area contributed by atoms with Crippen LogP contribution >= 0.6 is 47.0 Å². The Morgan fingerprint density at radius 3 is 0.762 bits per heavy atom. The molecule has 0 amide bonds. The van der Waals surface area contributed by atoms with E-state index in [1.54, 1.807) is 0 Å². The predicted molar refractivity (Wildman–Crippen MR) is 353 cm³/mol. The summed E-state index contributed by atoms with van der Waals surface area (Å²) in [7, 11) is 5.10. The van der Waals surface area contributed by atoms with Crippen molar-refractivity contribution in [2.45, 2.75) is 155 Å². The van der Waals surface area contributed by atoms with Crippen LogP contribution in [0.3, 0.4) is 0 Å². The van der Waals surface area contributed by atoms with Gasteiger partial charge in [0, 0.05) is 64.0 Å². The van der Waals surface area contributed by atoms with Crippen molar-refractivity contribution in [3.63, 3.8) is 0 Å². The molecule has 4 unspecified atom stereocenters. The largest absolute Gasteiger partial charge is 0.332 e. The van der Waals surface area contributed by atoms with E-state index in [1.807, 2.05) is 71.8 Å². The fourth-order valence-corrected chi connectivity index (χ4v) is 17.6. The van der Waals surface area contributed by atoms with Gasteiger partial charge in [0.2, 0.25) is 0 Å². The Morgan fingerprint density at radius 1 is 0.298 bits per heavy atom. The van der Waals surface area contributed by atoms with Crippen molar-refractivity contribution in [1.29, 1.82) is 0 Å². The molecule has 4 aliphatic rings. The molecule has 4 aromatic carbocycles. The fraction of sp³-hybridized carbons (Fsp3) is 0.371. The number of quaternary nitrogens is 2. The molecule has 0 saturated carbocycles. The second-order valence-electron chi connectivity index (χ2n) is 24.2. The van der Waals surface area contributed by atoms with Crippen LogP contribution in [0.4, 0.5) is 45.5 Å². The Hall–Kier alpha value is -6.00. The number of nitrogens with zero attached hydrogens (tertiary/aromatic N) is 10. The SMILES string of the molecule is CC(CN1c2ccccc2Sc2ccncc21)[N+](C)(CCCCCCCCCCCC[N+](C)(C(C)CN1c2ccccc2Sc2ccncc21)C(C)CN1c2ccccc2Sc2ccncc21)C(C)CN1c2ccccc2Sc2ccncc21. The Morgan fingerprint density at radius 2 is 0.512 bits per heavy atom. The highest BCUT2D eigenvalue weighted by Crippen LogP contribution is 2.52. The Labute approximate surface area is 517 Å². The standard InChI is InChI=1S/C70H82N10S4/c1-51(47-75-55-25-15-19-29-63(55)81-67-33-37-71-43-59(67)75)79(5,52(2)48-76-56-26-16-20-30-64(56)82-68-34-38-72-44-60(68)76)41-23-13-11-9-7-8-10-12-14-24-42-80(6,53(3)49-77-57-27-17-21-31-65(57)83-69-35-39-73-45-61(69)77)54(4)50-78-58-28-18-22-32-66(58)84-70-36-40-74-46-62(70)78/h15-22,25-40,43-46,51-54H,7-14,23-24,41-42,47-50H2,1-6H3/q+2. The van der Waals surface area contributed by atoms with Gasteiger partial charge >= 0.3 is 0 Å². The molecule has 434 valence electrons. The summed E-state index contributed by atoms with van der Waals surface area (Å²) < 4.78 is 1.96. The predicted octanol–water partition coefficient (Wildman–Crippen LogP) is 18.1. The van der Waals surface area contributed by atoms with Crippen LogP contribution in [0.1, 0.15) is 91.9 Å². The van der Waals surface area contributed by atoms with E-state index in [0.717, 1.165) is 48.2 Å². The highest BCUT2D eigenvalue weighted by atomic mass is 32.2. The Balaban J connectivity index is 0.673. The molecule has 8 heterocycles. The molecule has 84 heavy (non-hydrogen) atoms. The molecular formula is C70H82N10S4+2. The van der Waals surface area contributed by atoms with E-state index in [4.69, 9.17) is 0 Å². The maximum atomic E-state index is 4.65. The molecular weight excluding hydrogens is 1110 g/mol. The van der Waals surface area contributed by atoms with Gasteiger partial charge in [-0.3, -0.25) is 19.9 Å². The van der Waals surface area contributed by atoms with Crippen LogP contribution in [-0.2, 0) is 0 Å². The molecule has 0 fully saturated rings. The van der Waals surface area contributed by atoms with Gasteiger partial charge in [0.15, 0.2) is 0 Å². The molecule has 0 N–H and O–H groups in total. The summed E-state index contributed by atoms with van der Waals surface area (Å²) >= 11 is 7.46. The van der Waals surface area contributed by atoms with E-state index in [-0.39, 0.29) is 0 Å². The third-order valence-electron chi connectivity index (χ3n) is 19.1. The Kier molecular flexibility index (Phi) is 18.3. The van der Waals surface area contributed by atoms with Crippen LogP contribution < -0.4 is 19.6 Å². The zero-order valence-corrected chi connectivity index (χ0v) is 53.2. The number of rotatable bonds is 25. The van der Waals surface area contributed by atoms with E-state index in [9.17, 15) is 0 Å². The fourth-order valence-electron chi connectivity index (χ4n) is 13.4. The molecule has 0 aliphatic carbocycles. The van der Waals surface area contributed by atoms with E-state index in [2.05, 4.69) is 227 Å². The van der Waals surface area contributed by atoms with Crippen molar-refractivity contribution in [3.05, 3.63) is 171 Å². The maximum absolute atomic E-state index is 4.65. The summed E-state index contributed by atoms with van der Waals surface area (Å²) in [5.74, 6) is 0. The van der Waals surface area contributed by atoms with Crippen LogP contribution in [0.5, 0.6) is 0 Å². The second kappa shape index (κ2) is 26.3. The number of benzene rings is 4. The molecule has 10 nitrogen and oxygen atoms in total. The van der Waals surface area contributed by atoms with Gasteiger partial charge in [0.05, 0.1) is 124 Å². The van der Waals surface area contributed by atoms with Gasteiger partial charge < -0.3 is 28.6 Å². The van der Waals surface area contributed by atoms with Gasteiger partial charge in [0.25, 0.3) is 0 Å². The lowest BCUT2D eigenvalue weighted by Crippen LogP contribution is -2.62. The van der Waals surface area contributed by atoms with Crippen LogP contribution in [0.15, 0.2) is 210 Å². The van der Waals surface area contributed by atoms with Gasteiger partial charge in [-0.15, -0.1) is 0 Å². The van der Waals surface area contributed by atoms with Crippen LogP contribution in [0.2, 0.25) is 0 Å². The summed E-state index contributed by atoms with van der Waals surface area (Å²) in [6.45, 7) is 15.9. The minimum Gasteiger partial charge on any atom is -0.332 e. The number of unbranched alkanes of at least 4 members (excludes halogenated alkanes) is 9. The average molecular weight is 1190 g/mol. The minimum absolute atomic E-state index is 0.345. The highest BCUT2D eigenvalue weighted by Gasteiger charge is 2.42. The topological polar surface area (TPSA) is 64.5 Å². The lowest BCUT2D eigenvalue weighted by molar-refractivity contribution is -0.950. The van der Waals surface area contributed by atoms with Crippen LogP contribution in [-0.4, -0.2) is 106 Å². The summed E-state index contributed by atoms with van der Waals surface area (Å²) in [6.07, 6.45) is 28.8. The van der Waals surface area contributed by atoms with Gasteiger partial charge in [-0.2, -0.15) is 0 Å². The molecule has 14 heteroatoms. The monoisotopic (exact) mass is 1190 g/mol.